The first kappa shape index (κ1) is 17.7. The summed E-state index contributed by atoms with van der Waals surface area (Å²) < 4.78 is 10.9. The van der Waals surface area contributed by atoms with Gasteiger partial charge in [-0.3, -0.25) is 9.59 Å². The van der Waals surface area contributed by atoms with Gasteiger partial charge in [0.1, 0.15) is 5.78 Å². The molecule has 5 nitrogen and oxygen atoms in total. The van der Waals surface area contributed by atoms with Crippen molar-refractivity contribution >= 4 is 23.5 Å². The number of benzene rings is 1. The van der Waals surface area contributed by atoms with Crippen LogP contribution in [0.15, 0.2) is 11.0 Å². The van der Waals surface area contributed by atoms with E-state index in [-0.39, 0.29) is 17.5 Å². The van der Waals surface area contributed by atoms with Crippen LogP contribution in [0.2, 0.25) is 0 Å². The molecule has 0 fully saturated rings. The number of hydrogen-bond acceptors (Lipinski definition) is 5. The number of carboxylic acids is 1. The van der Waals surface area contributed by atoms with Crippen LogP contribution in [0, 0.1) is 5.92 Å². The van der Waals surface area contributed by atoms with Crippen molar-refractivity contribution in [3.05, 3.63) is 17.2 Å². The van der Waals surface area contributed by atoms with Crippen LogP contribution in [0.4, 0.5) is 0 Å². The van der Waals surface area contributed by atoms with E-state index in [1.165, 1.54) is 11.8 Å². The summed E-state index contributed by atoms with van der Waals surface area (Å²) in [6.45, 7) is 3.61. The standard InChI is InChI=1S/C17H22O5S/c1-5-10-11-7-15(12(18)6-9(2)17(19)20)23-14(11)8-13(21-3)16(10)22-4/h8-9,15H,5-7H2,1-4H3,(H,19,20)/t9-,15?/m0/s1. The zero-order chi connectivity index (χ0) is 17.1. The molecule has 6 heteroatoms. The zero-order valence-corrected chi connectivity index (χ0v) is 14.7. The Balaban J connectivity index is 2.27. The van der Waals surface area contributed by atoms with Crippen LogP contribution in [0.25, 0.3) is 0 Å². The van der Waals surface area contributed by atoms with Crippen LogP contribution in [0.5, 0.6) is 11.5 Å². The maximum atomic E-state index is 12.4. The van der Waals surface area contributed by atoms with Crippen molar-refractivity contribution in [3.8, 4) is 11.5 Å². The van der Waals surface area contributed by atoms with E-state index in [1.807, 2.05) is 13.0 Å². The van der Waals surface area contributed by atoms with Gasteiger partial charge in [-0.1, -0.05) is 13.8 Å². The monoisotopic (exact) mass is 338 g/mol. The predicted molar refractivity (Wildman–Crippen MR) is 88.7 cm³/mol. The van der Waals surface area contributed by atoms with Crippen LogP contribution < -0.4 is 9.47 Å². The summed E-state index contributed by atoms with van der Waals surface area (Å²) in [7, 11) is 3.21. The number of ether oxygens (including phenoxy) is 2. The van der Waals surface area contributed by atoms with E-state index in [2.05, 4.69) is 0 Å². The topological polar surface area (TPSA) is 72.8 Å². The third kappa shape index (κ3) is 3.47. The molecule has 0 aromatic heterocycles. The van der Waals surface area contributed by atoms with Crippen molar-refractivity contribution in [2.45, 2.75) is 43.3 Å². The second-order valence-electron chi connectivity index (χ2n) is 5.64. The first-order valence-electron chi connectivity index (χ1n) is 7.61. The summed E-state index contributed by atoms with van der Waals surface area (Å²) in [6.07, 6.45) is 1.47. The Kier molecular flexibility index (Phi) is 5.57. The fourth-order valence-corrected chi connectivity index (χ4v) is 4.17. The van der Waals surface area contributed by atoms with Gasteiger partial charge in [0, 0.05) is 16.9 Å². The van der Waals surface area contributed by atoms with E-state index in [0.717, 1.165) is 28.2 Å². The van der Waals surface area contributed by atoms with Gasteiger partial charge in [0.2, 0.25) is 0 Å². The highest BCUT2D eigenvalue weighted by Crippen LogP contribution is 2.47. The van der Waals surface area contributed by atoms with Gasteiger partial charge in [-0.25, -0.2) is 0 Å². The summed E-state index contributed by atoms with van der Waals surface area (Å²) >= 11 is 1.50. The Morgan fingerprint density at radius 1 is 1.39 bits per heavy atom. The number of carbonyl (C=O) groups excluding carboxylic acids is 1. The van der Waals surface area contributed by atoms with Gasteiger partial charge in [0.15, 0.2) is 11.5 Å². The lowest BCUT2D eigenvalue weighted by atomic mass is 9.95. The summed E-state index contributed by atoms with van der Waals surface area (Å²) in [6, 6.07) is 1.91. The molecule has 0 saturated carbocycles. The fourth-order valence-electron chi connectivity index (χ4n) is 2.86. The van der Waals surface area contributed by atoms with Gasteiger partial charge >= 0.3 is 5.97 Å². The number of thioether (sulfide) groups is 1. The molecule has 23 heavy (non-hydrogen) atoms. The van der Waals surface area contributed by atoms with Gasteiger partial charge in [-0.05, 0) is 24.5 Å². The average molecular weight is 338 g/mol. The smallest absolute Gasteiger partial charge is 0.306 e. The minimum Gasteiger partial charge on any atom is -0.493 e. The number of aliphatic carboxylic acids is 1. The molecule has 0 amide bonds. The molecule has 1 N–H and O–H groups in total. The number of fused-ring (bicyclic) bond motifs is 1. The Labute approximate surface area is 140 Å². The zero-order valence-electron chi connectivity index (χ0n) is 13.8. The third-order valence-corrected chi connectivity index (χ3v) is 5.48. The maximum Gasteiger partial charge on any atom is 0.306 e. The van der Waals surface area contributed by atoms with Gasteiger partial charge in [-0.2, -0.15) is 0 Å². The number of methoxy groups -OCH3 is 2. The van der Waals surface area contributed by atoms with Crippen LogP contribution in [0.3, 0.4) is 0 Å². The average Bonchev–Trinajstić information content (AvgIpc) is 2.96. The molecule has 2 rings (SSSR count). The number of hydrogen-bond donors (Lipinski definition) is 1. The molecule has 1 aromatic carbocycles. The molecule has 0 aliphatic carbocycles. The van der Waals surface area contributed by atoms with Gasteiger partial charge in [0.05, 0.1) is 25.4 Å². The maximum absolute atomic E-state index is 12.4. The van der Waals surface area contributed by atoms with Crippen molar-refractivity contribution in [1.29, 1.82) is 0 Å². The van der Waals surface area contributed by atoms with Crippen LogP contribution in [0.1, 0.15) is 31.4 Å². The van der Waals surface area contributed by atoms with Crippen LogP contribution in [-0.4, -0.2) is 36.3 Å². The number of Topliss-reactive ketones (excluding diaryl/α,β-unsaturated/α-hetero) is 1. The second kappa shape index (κ2) is 7.25. The second-order valence-corrected chi connectivity index (χ2v) is 6.89. The van der Waals surface area contributed by atoms with E-state index in [1.54, 1.807) is 21.1 Å². The number of ketones is 1. The SMILES string of the molecule is CCc1c2c(cc(OC)c1OC)SC(C(=O)C[C@H](C)C(=O)O)C2. The quantitative estimate of drug-likeness (QED) is 0.824. The Hall–Kier alpha value is -1.69. The summed E-state index contributed by atoms with van der Waals surface area (Å²) in [5.74, 6) is -0.206. The molecule has 1 aliphatic heterocycles. The summed E-state index contributed by atoms with van der Waals surface area (Å²) in [4.78, 5) is 24.4. The van der Waals surface area contributed by atoms with Gasteiger partial charge in [-0.15, -0.1) is 11.8 Å². The molecule has 1 heterocycles. The van der Waals surface area contributed by atoms with Crippen molar-refractivity contribution in [2.75, 3.05) is 14.2 Å². The van der Waals surface area contributed by atoms with E-state index in [0.29, 0.717) is 12.2 Å². The largest absolute Gasteiger partial charge is 0.493 e. The van der Waals surface area contributed by atoms with E-state index in [4.69, 9.17) is 14.6 Å². The van der Waals surface area contributed by atoms with Crippen LogP contribution in [-0.2, 0) is 22.4 Å². The summed E-state index contributed by atoms with van der Waals surface area (Å²) in [5.41, 5.74) is 2.19. The Morgan fingerprint density at radius 3 is 2.61 bits per heavy atom. The molecule has 1 aliphatic rings. The van der Waals surface area contributed by atoms with Gasteiger partial charge < -0.3 is 14.6 Å². The predicted octanol–water partition coefficient (Wildman–Crippen LogP) is 2.96. The number of carbonyl (C=O) groups is 2. The number of rotatable bonds is 7. The molecule has 0 spiro atoms. The third-order valence-electron chi connectivity index (χ3n) is 4.15. The van der Waals surface area contributed by atoms with Crippen molar-refractivity contribution < 1.29 is 24.2 Å². The lowest BCUT2D eigenvalue weighted by molar-refractivity contribution is -0.143. The molecule has 126 valence electrons. The van der Waals surface area contributed by atoms with Crippen molar-refractivity contribution in [2.24, 2.45) is 5.92 Å². The molecular weight excluding hydrogens is 316 g/mol. The first-order chi connectivity index (χ1) is 10.9. The fraction of sp³-hybridized carbons (Fsp3) is 0.529. The molecular formula is C17H22O5S. The molecule has 0 radical (unpaired) electrons. The Morgan fingerprint density at radius 2 is 2.09 bits per heavy atom. The highest BCUT2D eigenvalue weighted by Gasteiger charge is 2.33. The normalized spacial score (nSPS) is 17.5. The molecule has 1 aromatic rings. The highest BCUT2D eigenvalue weighted by atomic mass is 32.2. The van der Waals surface area contributed by atoms with E-state index >= 15 is 0 Å². The molecule has 0 saturated heterocycles. The minimum absolute atomic E-state index is 0.0129. The first-order valence-corrected chi connectivity index (χ1v) is 8.49. The molecule has 1 unspecified atom stereocenters. The van der Waals surface area contributed by atoms with Crippen molar-refractivity contribution in [1.82, 2.24) is 0 Å². The highest BCUT2D eigenvalue weighted by molar-refractivity contribution is 8.01. The van der Waals surface area contributed by atoms with Crippen molar-refractivity contribution in [3.63, 3.8) is 0 Å². The lowest BCUT2D eigenvalue weighted by Gasteiger charge is -2.15. The van der Waals surface area contributed by atoms with E-state index in [9.17, 15) is 9.59 Å². The van der Waals surface area contributed by atoms with Gasteiger partial charge in [0.25, 0.3) is 0 Å². The van der Waals surface area contributed by atoms with E-state index < -0.39 is 11.9 Å². The summed E-state index contributed by atoms with van der Waals surface area (Å²) in [5, 5.41) is 8.75. The number of carboxylic acid groups (broad SMARTS) is 1. The lowest BCUT2D eigenvalue weighted by Crippen LogP contribution is -2.22. The minimum atomic E-state index is -0.934. The molecule has 0 bridgehead atoms. The Bertz CT molecular complexity index is 626. The molecule has 2 atom stereocenters. The van der Waals surface area contributed by atoms with Crippen LogP contribution >= 0.6 is 11.8 Å².